The van der Waals surface area contributed by atoms with E-state index in [0.717, 1.165) is 24.9 Å². The van der Waals surface area contributed by atoms with E-state index < -0.39 is 10.0 Å². The number of sulfonamides is 1. The highest BCUT2D eigenvalue weighted by atomic mass is 32.2. The van der Waals surface area contributed by atoms with E-state index >= 15 is 0 Å². The topological polar surface area (TPSA) is 58.2 Å². The van der Waals surface area contributed by atoms with Crippen molar-refractivity contribution in [1.82, 2.24) is 0 Å². The van der Waals surface area contributed by atoms with Crippen molar-refractivity contribution in [2.24, 2.45) is 0 Å². The van der Waals surface area contributed by atoms with Crippen LogP contribution in [-0.2, 0) is 16.4 Å². The van der Waals surface area contributed by atoms with Crippen molar-refractivity contribution in [2.45, 2.75) is 6.42 Å². The first-order valence-corrected chi connectivity index (χ1v) is 6.28. The molecule has 0 unspecified atom stereocenters. The molecule has 0 amide bonds. The third-order valence-corrected chi connectivity index (χ3v) is 2.72. The summed E-state index contributed by atoms with van der Waals surface area (Å²) in [7, 11) is -3.17. The van der Waals surface area contributed by atoms with Gasteiger partial charge in [0.2, 0.25) is 10.0 Å². The largest absolute Gasteiger partial charge is 0.384 e. The average molecular weight is 212 g/mol. The van der Waals surface area contributed by atoms with Crippen molar-refractivity contribution < 1.29 is 8.42 Å². The highest BCUT2D eigenvalue weighted by molar-refractivity contribution is 7.92. The van der Waals surface area contributed by atoms with E-state index in [1.54, 1.807) is 6.07 Å². The van der Waals surface area contributed by atoms with Crippen molar-refractivity contribution in [3.63, 3.8) is 0 Å². The predicted octanol–water partition coefficient (Wildman–Crippen LogP) is 1.03. The minimum absolute atomic E-state index is 0.634. The fourth-order valence-electron chi connectivity index (χ4n) is 1.58. The number of hydrogen-bond acceptors (Lipinski definition) is 3. The highest BCUT2D eigenvalue weighted by Crippen LogP contribution is 2.25. The number of anilines is 2. The van der Waals surface area contributed by atoms with Crippen LogP contribution >= 0.6 is 0 Å². The smallest absolute Gasteiger partial charge is 0.229 e. The Morgan fingerprint density at radius 2 is 2.21 bits per heavy atom. The van der Waals surface area contributed by atoms with E-state index in [-0.39, 0.29) is 0 Å². The lowest BCUT2D eigenvalue weighted by Crippen LogP contribution is -2.09. The second-order valence-electron chi connectivity index (χ2n) is 3.42. The quantitative estimate of drug-likeness (QED) is 0.769. The molecule has 1 aliphatic heterocycles. The lowest BCUT2D eigenvalue weighted by molar-refractivity contribution is 0.607. The van der Waals surface area contributed by atoms with Gasteiger partial charge in [0, 0.05) is 17.9 Å². The van der Waals surface area contributed by atoms with E-state index in [4.69, 9.17) is 0 Å². The van der Waals surface area contributed by atoms with Crippen molar-refractivity contribution in [3.05, 3.63) is 23.8 Å². The van der Waals surface area contributed by atoms with Gasteiger partial charge in [-0.25, -0.2) is 8.42 Å². The molecule has 1 aromatic carbocycles. The molecule has 0 radical (unpaired) electrons. The second-order valence-corrected chi connectivity index (χ2v) is 5.17. The summed E-state index contributed by atoms with van der Waals surface area (Å²) in [6.45, 7) is 0.928. The summed E-state index contributed by atoms with van der Waals surface area (Å²) in [5, 5.41) is 3.21. The van der Waals surface area contributed by atoms with Gasteiger partial charge in [-0.2, -0.15) is 0 Å². The van der Waals surface area contributed by atoms with Crippen LogP contribution in [0, 0.1) is 0 Å². The monoisotopic (exact) mass is 212 g/mol. The average Bonchev–Trinajstić information content (AvgIpc) is 2.47. The fourth-order valence-corrected chi connectivity index (χ4v) is 2.14. The Balaban J connectivity index is 2.29. The van der Waals surface area contributed by atoms with Gasteiger partial charge in [0.05, 0.1) is 6.26 Å². The normalized spacial score (nSPS) is 14.6. The second kappa shape index (κ2) is 3.16. The maximum Gasteiger partial charge on any atom is 0.229 e. The van der Waals surface area contributed by atoms with Crippen LogP contribution in [0.3, 0.4) is 0 Å². The third kappa shape index (κ3) is 1.98. The van der Waals surface area contributed by atoms with Gasteiger partial charge in [-0.3, -0.25) is 4.72 Å². The number of nitrogens with one attached hydrogen (secondary N) is 2. The molecule has 0 atom stereocenters. The van der Waals surface area contributed by atoms with Crippen LogP contribution in [0.2, 0.25) is 0 Å². The van der Waals surface area contributed by atoms with E-state index in [9.17, 15) is 8.42 Å². The van der Waals surface area contributed by atoms with Gasteiger partial charge in [-0.15, -0.1) is 0 Å². The summed E-state index contributed by atoms with van der Waals surface area (Å²) in [6.07, 6.45) is 2.10. The molecule has 1 aromatic rings. The predicted molar refractivity (Wildman–Crippen MR) is 57.1 cm³/mol. The van der Waals surface area contributed by atoms with E-state index in [1.807, 2.05) is 12.1 Å². The summed E-state index contributed by atoms with van der Waals surface area (Å²) in [5.41, 5.74) is 2.90. The Labute approximate surface area is 83.4 Å². The van der Waals surface area contributed by atoms with Gasteiger partial charge < -0.3 is 5.32 Å². The number of fused-ring (bicyclic) bond motifs is 1. The Kier molecular flexibility index (Phi) is 2.11. The van der Waals surface area contributed by atoms with Gasteiger partial charge in [0.15, 0.2) is 0 Å². The molecule has 0 aromatic heterocycles. The summed E-state index contributed by atoms with van der Waals surface area (Å²) in [6, 6.07) is 5.53. The number of rotatable bonds is 2. The minimum Gasteiger partial charge on any atom is -0.384 e. The van der Waals surface area contributed by atoms with Gasteiger partial charge in [0.25, 0.3) is 0 Å². The maximum absolute atomic E-state index is 11.0. The van der Waals surface area contributed by atoms with E-state index in [0.29, 0.717) is 5.69 Å². The van der Waals surface area contributed by atoms with Crippen molar-refractivity contribution in [1.29, 1.82) is 0 Å². The SMILES string of the molecule is CS(=O)(=O)Nc1ccc2c(c1)CCN2. The number of benzene rings is 1. The summed E-state index contributed by atoms with van der Waals surface area (Å²) in [5.74, 6) is 0. The maximum atomic E-state index is 11.0. The third-order valence-electron chi connectivity index (χ3n) is 2.12. The molecule has 2 N–H and O–H groups in total. The molecule has 0 spiro atoms. The van der Waals surface area contributed by atoms with Crippen LogP contribution in [0.5, 0.6) is 0 Å². The Morgan fingerprint density at radius 1 is 1.43 bits per heavy atom. The fraction of sp³-hybridized carbons (Fsp3) is 0.333. The molecule has 14 heavy (non-hydrogen) atoms. The lowest BCUT2D eigenvalue weighted by atomic mass is 10.1. The molecule has 4 nitrogen and oxygen atoms in total. The van der Waals surface area contributed by atoms with E-state index in [1.165, 1.54) is 5.56 Å². The Morgan fingerprint density at radius 3 is 2.93 bits per heavy atom. The molecule has 0 fully saturated rings. The molecule has 2 rings (SSSR count). The van der Waals surface area contributed by atoms with Crippen molar-refractivity contribution in [2.75, 3.05) is 22.8 Å². The van der Waals surface area contributed by atoms with Crippen LogP contribution in [0.15, 0.2) is 18.2 Å². The first kappa shape index (κ1) is 9.33. The minimum atomic E-state index is -3.17. The molecule has 1 heterocycles. The summed E-state index contributed by atoms with van der Waals surface area (Å²) >= 11 is 0. The van der Waals surface area contributed by atoms with Gasteiger partial charge >= 0.3 is 0 Å². The Hall–Kier alpha value is -1.23. The molecule has 1 aliphatic rings. The first-order valence-electron chi connectivity index (χ1n) is 4.39. The van der Waals surface area contributed by atoms with Crippen LogP contribution in [0.4, 0.5) is 11.4 Å². The van der Waals surface area contributed by atoms with Crippen LogP contribution in [0.25, 0.3) is 0 Å². The molecule has 0 saturated heterocycles. The van der Waals surface area contributed by atoms with Crippen molar-refractivity contribution in [3.8, 4) is 0 Å². The van der Waals surface area contributed by atoms with Crippen LogP contribution in [-0.4, -0.2) is 21.2 Å². The standard InChI is InChI=1S/C9H12N2O2S/c1-14(12,13)11-8-2-3-9-7(6-8)4-5-10-9/h2-3,6,10-11H,4-5H2,1H3. The Bertz CT molecular complexity index is 454. The molecular weight excluding hydrogens is 200 g/mol. The summed E-state index contributed by atoms with van der Waals surface area (Å²) < 4.78 is 24.4. The van der Waals surface area contributed by atoms with Crippen LogP contribution in [0.1, 0.15) is 5.56 Å². The molecule has 0 bridgehead atoms. The molecule has 0 saturated carbocycles. The lowest BCUT2D eigenvalue weighted by Gasteiger charge is -2.05. The van der Waals surface area contributed by atoms with E-state index in [2.05, 4.69) is 10.0 Å². The van der Waals surface area contributed by atoms with Gasteiger partial charge in [-0.1, -0.05) is 0 Å². The summed E-state index contributed by atoms with van der Waals surface area (Å²) in [4.78, 5) is 0. The zero-order valence-corrected chi connectivity index (χ0v) is 8.69. The number of hydrogen-bond donors (Lipinski definition) is 2. The molecule has 76 valence electrons. The van der Waals surface area contributed by atoms with Crippen molar-refractivity contribution >= 4 is 21.4 Å². The zero-order valence-electron chi connectivity index (χ0n) is 7.87. The zero-order chi connectivity index (χ0) is 10.2. The molecular formula is C9H12N2O2S. The molecule has 0 aliphatic carbocycles. The van der Waals surface area contributed by atoms with Crippen LogP contribution < -0.4 is 10.0 Å². The van der Waals surface area contributed by atoms with Gasteiger partial charge in [-0.05, 0) is 30.2 Å². The highest BCUT2D eigenvalue weighted by Gasteiger charge is 2.10. The first-order chi connectivity index (χ1) is 6.54. The van der Waals surface area contributed by atoms with Gasteiger partial charge in [0.1, 0.15) is 0 Å². The molecule has 5 heteroatoms.